The van der Waals surface area contributed by atoms with Gasteiger partial charge in [-0.05, 0) is 72.7 Å². The minimum atomic E-state index is 0.214. The van der Waals surface area contributed by atoms with E-state index in [-0.39, 0.29) is 6.04 Å². The molecule has 0 spiro atoms. The van der Waals surface area contributed by atoms with Crippen molar-refractivity contribution >= 4 is 21.6 Å². The van der Waals surface area contributed by atoms with E-state index in [1.807, 2.05) is 6.92 Å². The minimum absolute atomic E-state index is 0.214. The third kappa shape index (κ3) is 3.27. The molecule has 1 saturated carbocycles. The van der Waals surface area contributed by atoms with Crippen LogP contribution in [0, 0.1) is 5.92 Å². The van der Waals surface area contributed by atoms with E-state index in [1.54, 1.807) is 0 Å². The van der Waals surface area contributed by atoms with Gasteiger partial charge in [0.2, 0.25) is 0 Å². The summed E-state index contributed by atoms with van der Waals surface area (Å²) >= 11 is 3.69. The molecule has 1 aliphatic rings. The first-order chi connectivity index (χ1) is 8.49. The van der Waals surface area contributed by atoms with Gasteiger partial charge in [-0.2, -0.15) is 0 Å². The molecule has 0 aliphatic heterocycles. The molecule has 0 bridgehead atoms. The zero-order valence-corrected chi connectivity index (χ0v) is 13.1. The van der Waals surface area contributed by atoms with E-state index in [2.05, 4.69) is 53.0 Å². The molecule has 1 fully saturated rings. The van der Waals surface area contributed by atoms with Gasteiger partial charge in [0.1, 0.15) is 0 Å². The van der Waals surface area contributed by atoms with E-state index in [9.17, 15) is 0 Å². The largest absolute Gasteiger partial charge is 0.371 e. The topological polar surface area (TPSA) is 29.3 Å². The predicted molar refractivity (Wildman–Crippen MR) is 82.1 cm³/mol. The number of rotatable bonds is 5. The summed E-state index contributed by atoms with van der Waals surface area (Å²) in [5.41, 5.74) is 8.42. The van der Waals surface area contributed by atoms with Crippen molar-refractivity contribution in [3.8, 4) is 0 Å². The summed E-state index contributed by atoms with van der Waals surface area (Å²) in [5, 5.41) is 0. The highest BCUT2D eigenvalue weighted by molar-refractivity contribution is 9.10. The molecule has 1 aromatic carbocycles. The van der Waals surface area contributed by atoms with Crippen LogP contribution in [0.2, 0.25) is 0 Å². The molecule has 2 N–H and O–H groups in total. The minimum Gasteiger partial charge on any atom is -0.371 e. The summed E-state index contributed by atoms with van der Waals surface area (Å²) in [5.74, 6) is 0.880. The van der Waals surface area contributed by atoms with Gasteiger partial charge in [0.25, 0.3) is 0 Å². The molecule has 0 heterocycles. The fraction of sp³-hybridized carbons (Fsp3) is 0.600. The predicted octanol–water partition coefficient (Wildman–Crippen LogP) is 3.57. The van der Waals surface area contributed by atoms with E-state index in [4.69, 9.17) is 5.73 Å². The van der Waals surface area contributed by atoms with Crippen LogP contribution in [0.15, 0.2) is 22.7 Å². The Morgan fingerprint density at radius 2 is 2.06 bits per heavy atom. The summed E-state index contributed by atoms with van der Waals surface area (Å²) in [6.45, 7) is 4.36. The Morgan fingerprint density at radius 1 is 1.39 bits per heavy atom. The Kier molecular flexibility index (Phi) is 4.33. The lowest BCUT2D eigenvalue weighted by Gasteiger charge is -2.28. The highest BCUT2D eigenvalue weighted by Gasteiger charge is 2.31. The molecule has 2 unspecified atom stereocenters. The number of hydrogen-bond donors (Lipinski definition) is 1. The lowest BCUT2D eigenvalue weighted by molar-refractivity contribution is 0.608. The maximum absolute atomic E-state index is 5.84. The van der Waals surface area contributed by atoms with Crippen LogP contribution in [0.5, 0.6) is 0 Å². The highest BCUT2D eigenvalue weighted by atomic mass is 79.9. The summed E-state index contributed by atoms with van der Waals surface area (Å²) in [6.07, 6.45) is 3.69. The first-order valence-corrected chi connectivity index (χ1v) is 7.55. The molecule has 2 nitrogen and oxygen atoms in total. The Hall–Kier alpha value is -0.540. The Morgan fingerprint density at radius 3 is 2.56 bits per heavy atom. The number of anilines is 1. The molecule has 2 atom stereocenters. The van der Waals surface area contributed by atoms with Crippen LogP contribution in [-0.2, 0) is 6.42 Å². The van der Waals surface area contributed by atoms with Gasteiger partial charge in [-0.15, -0.1) is 0 Å². The first kappa shape index (κ1) is 13.9. The van der Waals surface area contributed by atoms with Crippen molar-refractivity contribution in [2.75, 3.05) is 11.9 Å². The lowest BCUT2D eigenvalue weighted by atomic mass is 10.1. The van der Waals surface area contributed by atoms with E-state index in [0.29, 0.717) is 6.04 Å². The van der Waals surface area contributed by atoms with Gasteiger partial charge in [-0.25, -0.2) is 0 Å². The first-order valence-electron chi connectivity index (χ1n) is 6.76. The number of nitrogens with two attached hydrogens (primary N) is 1. The summed E-state index contributed by atoms with van der Waals surface area (Å²) in [4.78, 5) is 2.39. The van der Waals surface area contributed by atoms with Crippen LogP contribution >= 0.6 is 15.9 Å². The molecule has 100 valence electrons. The zero-order valence-electron chi connectivity index (χ0n) is 11.5. The molecule has 0 aromatic heterocycles. The summed E-state index contributed by atoms with van der Waals surface area (Å²) < 4.78 is 1.18. The molecule has 0 saturated heterocycles. The molecule has 1 aromatic rings. The van der Waals surface area contributed by atoms with E-state index >= 15 is 0 Å². The van der Waals surface area contributed by atoms with Crippen LogP contribution in [0.3, 0.4) is 0 Å². The molecule has 0 amide bonds. The van der Waals surface area contributed by atoms with Gasteiger partial charge in [-0.3, -0.25) is 0 Å². The third-order valence-corrected chi connectivity index (χ3v) is 4.50. The summed E-state index contributed by atoms with van der Waals surface area (Å²) in [7, 11) is 2.19. The van der Waals surface area contributed by atoms with Crippen LogP contribution in [0.25, 0.3) is 0 Å². The van der Waals surface area contributed by atoms with Gasteiger partial charge in [0, 0.05) is 23.6 Å². The number of halogens is 1. The maximum Gasteiger partial charge on any atom is 0.0510 e. The smallest absolute Gasteiger partial charge is 0.0510 e. The van der Waals surface area contributed by atoms with Gasteiger partial charge in [0.05, 0.1) is 5.69 Å². The lowest BCUT2D eigenvalue weighted by Crippen LogP contribution is -2.30. The number of hydrogen-bond acceptors (Lipinski definition) is 2. The van der Waals surface area contributed by atoms with Crippen molar-refractivity contribution in [3.05, 3.63) is 28.2 Å². The Bertz CT molecular complexity index is 413. The average molecular weight is 311 g/mol. The highest BCUT2D eigenvalue weighted by Crippen LogP contribution is 2.38. The molecule has 1 aliphatic carbocycles. The third-order valence-electron chi connectivity index (χ3n) is 3.86. The monoisotopic (exact) mass is 310 g/mol. The van der Waals surface area contributed by atoms with Gasteiger partial charge in [-0.1, -0.05) is 6.07 Å². The second-order valence-corrected chi connectivity index (χ2v) is 6.51. The zero-order chi connectivity index (χ0) is 13.3. The Labute approximate surface area is 119 Å². The van der Waals surface area contributed by atoms with Crippen LogP contribution in [0.1, 0.15) is 32.3 Å². The van der Waals surface area contributed by atoms with Gasteiger partial charge >= 0.3 is 0 Å². The van der Waals surface area contributed by atoms with E-state index in [1.165, 1.54) is 28.6 Å². The number of nitrogens with zero attached hydrogens (tertiary/aromatic N) is 1. The Balaban J connectivity index is 2.13. The van der Waals surface area contributed by atoms with Crippen LogP contribution in [0.4, 0.5) is 5.69 Å². The fourth-order valence-corrected chi connectivity index (χ4v) is 3.16. The fourth-order valence-electron chi connectivity index (χ4n) is 2.45. The van der Waals surface area contributed by atoms with E-state index in [0.717, 1.165) is 12.3 Å². The van der Waals surface area contributed by atoms with Crippen molar-refractivity contribution in [1.29, 1.82) is 0 Å². The molecule has 0 radical (unpaired) electrons. The van der Waals surface area contributed by atoms with Crippen molar-refractivity contribution in [2.45, 2.75) is 45.2 Å². The van der Waals surface area contributed by atoms with E-state index < -0.39 is 0 Å². The summed E-state index contributed by atoms with van der Waals surface area (Å²) in [6, 6.07) is 7.45. The average Bonchev–Trinajstić information content (AvgIpc) is 3.10. The van der Waals surface area contributed by atoms with Crippen molar-refractivity contribution in [2.24, 2.45) is 11.7 Å². The second-order valence-electron chi connectivity index (χ2n) is 5.66. The molecule has 3 heteroatoms. The maximum atomic E-state index is 5.84. The standard InChI is InChI=1S/C15H23BrN2/c1-10(17)8-12-4-7-15(14(16)9-12)18(3)11(2)13-5-6-13/h4,7,9-11,13H,5-6,8,17H2,1-3H3. The SMILES string of the molecule is CC(N)Cc1ccc(N(C)C(C)C2CC2)c(Br)c1. The van der Waals surface area contributed by atoms with Crippen molar-refractivity contribution < 1.29 is 0 Å². The molecular weight excluding hydrogens is 288 g/mol. The molecular formula is C15H23BrN2. The number of benzene rings is 1. The van der Waals surface area contributed by atoms with Crippen LogP contribution in [-0.4, -0.2) is 19.1 Å². The second kappa shape index (κ2) is 5.62. The molecule has 18 heavy (non-hydrogen) atoms. The van der Waals surface area contributed by atoms with Gasteiger partial charge < -0.3 is 10.6 Å². The quantitative estimate of drug-likeness (QED) is 0.901. The van der Waals surface area contributed by atoms with Crippen LogP contribution < -0.4 is 10.6 Å². The molecule has 2 rings (SSSR count). The van der Waals surface area contributed by atoms with Crippen molar-refractivity contribution in [1.82, 2.24) is 0 Å². The normalized spacial score (nSPS) is 18.5. The van der Waals surface area contributed by atoms with Crippen molar-refractivity contribution in [3.63, 3.8) is 0 Å². The van der Waals surface area contributed by atoms with Gasteiger partial charge in [0.15, 0.2) is 0 Å².